The van der Waals surface area contributed by atoms with Crippen molar-refractivity contribution in [1.29, 1.82) is 0 Å². The number of aryl methyl sites for hydroxylation is 1. The predicted molar refractivity (Wildman–Crippen MR) is 77.9 cm³/mol. The van der Waals surface area contributed by atoms with Crippen molar-refractivity contribution < 1.29 is 0 Å². The predicted octanol–water partition coefficient (Wildman–Crippen LogP) is 3.13. The maximum absolute atomic E-state index is 3.59. The summed E-state index contributed by atoms with van der Waals surface area (Å²) < 4.78 is 0. The lowest BCUT2D eigenvalue weighted by Gasteiger charge is -2.30. The van der Waals surface area contributed by atoms with Gasteiger partial charge in [0.05, 0.1) is 0 Å². The van der Waals surface area contributed by atoms with Gasteiger partial charge in [0.25, 0.3) is 0 Å². The fraction of sp³-hybridized carbons (Fsp3) is 0.625. The lowest BCUT2D eigenvalue weighted by molar-refractivity contribution is 0.218. The summed E-state index contributed by atoms with van der Waals surface area (Å²) >= 11 is 0. The fourth-order valence-corrected chi connectivity index (χ4v) is 2.98. The van der Waals surface area contributed by atoms with Crippen molar-refractivity contribution in [2.24, 2.45) is 0 Å². The second kappa shape index (κ2) is 6.35. The topological polar surface area (TPSA) is 15.3 Å². The van der Waals surface area contributed by atoms with E-state index >= 15 is 0 Å². The highest BCUT2D eigenvalue weighted by Crippen LogP contribution is 2.24. The third-order valence-corrected chi connectivity index (χ3v) is 4.05. The van der Waals surface area contributed by atoms with E-state index in [0.29, 0.717) is 12.1 Å². The molecule has 2 heteroatoms. The summed E-state index contributed by atoms with van der Waals surface area (Å²) in [5.74, 6) is 0. The van der Waals surface area contributed by atoms with E-state index < -0.39 is 0 Å². The molecule has 18 heavy (non-hydrogen) atoms. The first-order valence-electron chi connectivity index (χ1n) is 7.21. The van der Waals surface area contributed by atoms with Crippen LogP contribution in [-0.4, -0.2) is 31.1 Å². The Hall–Kier alpha value is -0.860. The molecule has 1 fully saturated rings. The summed E-state index contributed by atoms with van der Waals surface area (Å²) in [6, 6.07) is 10.2. The summed E-state index contributed by atoms with van der Waals surface area (Å²) in [7, 11) is 2.26. The van der Waals surface area contributed by atoms with Crippen LogP contribution in [0.2, 0.25) is 0 Å². The highest BCUT2D eigenvalue weighted by molar-refractivity contribution is 5.24. The van der Waals surface area contributed by atoms with Crippen molar-refractivity contribution in [2.45, 2.75) is 45.2 Å². The molecule has 2 rings (SSSR count). The molecule has 0 radical (unpaired) electrons. The molecular formula is C16H26N2. The second-order valence-electron chi connectivity index (χ2n) is 5.57. The second-order valence-corrected chi connectivity index (χ2v) is 5.57. The van der Waals surface area contributed by atoms with Crippen LogP contribution < -0.4 is 5.32 Å². The van der Waals surface area contributed by atoms with Gasteiger partial charge in [-0.15, -0.1) is 0 Å². The van der Waals surface area contributed by atoms with E-state index in [1.165, 1.54) is 36.9 Å². The minimum Gasteiger partial charge on any atom is -0.313 e. The molecule has 1 aromatic carbocycles. The molecule has 1 aliphatic heterocycles. The lowest BCUT2D eigenvalue weighted by Crippen LogP contribution is -2.37. The van der Waals surface area contributed by atoms with Gasteiger partial charge in [-0.3, -0.25) is 4.90 Å². The van der Waals surface area contributed by atoms with Gasteiger partial charge in [0.15, 0.2) is 0 Å². The number of likely N-dealkylation sites (N-methyl/N-ethyl adjacent to an activating group) is 1. The molecule has 1 N–H and O–H groups in total. The van der Waals surface area contributed by atoms with Crippen LogP contribution in [0.15, 0.2) is 24.3 Å². The van der Waals surface area contributed by atoms with E-state index in [4.69, 9.17) is 0 Å². The van der Waals surface area contributed by atoms with Gasteiger partial charge in [-0.25, -0.2) is 0 Å². The molecule has 100 valence electrons. The van der Waals surface area contributed by atoms with Crippen LogP contribution in [0, 0.1) is 6.92 Å². The normalized spacial score (nSPS) is 21.4. The zero-order valence-corrected chi connectivity index (χ0v) is 11.9. The lowest BCUT2D eigenvalue weighted by atomic mass is 10.0. The molecule has 1 aliphatic rings. The van der Waals surface area contributed by atoms with Crippen molar-refractivity contribution in [1.82, 2.24) is 10.2 Å². The van der Waals surface area contributed by atoms with Gasteiger partial charge in [0.2, 0.25) is 0 Å². The molecule has 0 spiro atoms. The monoisotopic (exact) mass is 246 g/mol. The van der Waals surface area contributed by atoms with E-state index in [9.17, 15) is 0 Å². The van der Waals surface area contributed by atoms with Gasteiger partial charge in [-0.2, -0.15) is 0 Å². The van der Waals surface area contributed by atoms with Crippen LogP contribution in [-0.2, 0) is 0 Å². The quantitative estimate of drug-likeness (QED) is 0.858. The first-order valence-corrected chi connectivity index (χ1v) is 7.21. The van der Waals surface area contributed by atoms with E-state index in [-0.39, 0.29) is 0 Å². The average Bonchev–Trinajstić information content (AvgIpc) is 2.85. The SMILES string of the molecule is CCC(c1ccc(C)cc1)N(C)CC1CCCN1. The molecule has 1 heterocycles. The summed E-state index contributed by atoms with van der Waals surface area (Å²) in [6.07, 6.45) is 3.83. The smallest absolute Gasteiger partial charge is 0.0343 e. The molecule has 1 aromatic rings. The molecule has 1 saturated heterocycles. The van der Waals surface area contributed by atoms with Crippen molar-refractivity contribution >= 4 is 0 Å². The Morgan fingerprint density at radius 1 is 1.33 bits per heavy atom. The van der Waals surface area contributed by atoms with Crippen molar-refractivity contribution in [3.05, 3.63) is 35.4 Å². The van der Waals surface area contributed by atoms with E-state index in [1.54, 1.807) is 0 Å². The van der Waals surface area contributed by atoms with E-state index in [0.717, 1.165) is 6.54 Å². The van der Waals surface area contributed by atoms with Gasteiger partial charge in [0, 0.05) is 18.6 Å². The van der Waals surface area contributed by atoms with Crippen molar-refractivity contribution in [3.8, 4) is 0 Å². The molecular weight excluding hydrogens is 220 g/mol. The maximum atomic E-state index is 3.59. The van der Waals surface area contributed by atoms with Gasteiger partial charge in [-0.1, -0.05) is 36.8 Å². The Labute approximate surface area is 111 Å². The van der Waals surface area contributed by atoms with Crippen molar-refractivity contribution in [3.63, 3.8) is 0 Å². The number of rotatable bonds is 5. The molecule has 0 saturated carbocycles. The third kappa shape index (κ3) is 3.33. The number of nitrogens with one attached hydrogen (secondary N) is 1. The van der Waals surface area contributed by atoms with Crippen LogP contribution in [0.4, 0.5) is 0 Å². The number of hydrogen-bond acceptors (Lipinski definition) is 2. The molecule has 0 aliphatic carbocycles. The van der Waals surface area contributed by atoms with E-state index in [2.05, 4.69) is 55.4 Å². The zero-order valence-electron chi connectivity index (χ0n) is 11.9. The van der Waals surface area contributed by atoms with Gasteiger partial charge in [0.1, 0.15) is 0 Å². The Kier molecular flexibility index (Phi) is 4.79. The summed E-state index contributed by atoms with van der Waals surface area (Å²) in [5, 5.41) is 3.59. The molecule has 2 atom stereocenters. The highest BCUT2D eigenvalue weighted by Gasteiger charge is 2.20. The molecule has 2 unspecified atom stereocenters. The number of nitrogens with zero attached hydrogens (tertiary/aromatic N) is 1. The molecule has 0 amide bonds. The minimum absolute atomic E-state index is 0.549. The Balaban J connectivity index is 2.00. The van der Waals surface area contributed by atoms with Gasteiger partial charge in [-0.05, 0) is 45.3 Å². The molecule has 0 bridgehead atoms. The summed E-state index contributed by atoms with van der Waals surface area (Å²) in [4.78, 5) is 2.51. The Morgan fingerprint density at radius 2 is 2.06 bits per heavy atom. The number of hydrogen-bond donors (Lipinski definition) is 1. The fourth-order valence-electron chi connectivity index (χ4n) is 2.98. The largest absolute Gasteiger partial charge is 0.313 e. The van der Waals surface area contributed by atoms with E-state index in [1.807, 2.05) is 0 Å². The Bertz CT molecular complexity index is 352. The average molecular weight is 246 g/mol. The first kappa shape index (κ1) is 13.6. The van der Waals surface area contributed by atoms with Gasteiger partial charge >= 0.3 is 0 Å². The zero-order chi connectivity index (χ0) is 13.0. The maximum Gasteiger partial charge on any atom is 0.0343 e. The Morgan fingerprint density at radius 3 is 2.61 bits per heavy atom. The van der Waals surface area contributed by atoms with Crippen molar-refractivity contribution in [2.75, 3.05) is 20.1 Å². The van der Waals surface area contributed by atoms with Gasteiger partial charge < -0.3 is 5.32 Å². The van der Waals surface area contributed by atoms with Crippen LogP contribution in [0.5, 0.6) is 0 Å². The standard InChI is InChI=1S/C16H26N2/c1-4-16(14-9-7-13(2)8-10-14)18(3)12-15-6-5-11-17-15/h7-10,15-17H,4-6,11-12H2,1-3H3. The third-order valence-electron chi connectivity index (χ3n) is 4.05. The summed E-state index contributed by atoms with van der Waals surface area (Å²) in [5.41, 5.74) is 2.79. The highest BCUT2D eigenvalue weighted by atomic mass is 15.2. The first-order chi connectivity index (χ1) is 8.70. The summed E-state index contributed by atoms with van der Waals surface area (Å²) in [6.45, 7) is 6.78. The molecule has 2 nitrogen and oxygen atoms in total. The van der Waals surface area contributed by atoms with Crippen LogP contribution in [0.25, 0.3) is 0 Å². The number of benzene rings is 1. The molecule has 0 aromatic heterocycles. The van der Waals surface area contributed by atoms with Crippen LogP contribution in [0.1, 0.15) is 43.4 Å². The minimum atomic E-state index is 0.549. The van der Waals surface area contributed by atoms with Crippen LogP contribution >= 0.6 is 0 Å². The van der Waals surface area contributed by atoms with Crippen LogP contribution in [0.3, 0.4) is 0 Å².